The van der Waals surface area contributed by atoms with Gasteiger partial charge in [-0.25, -0.2) is 0 Å². The van der Waals surface area contributed by atoms with Crippen LogP contribution in [0.2, 0.25) is 0 Å². The molecule has 9 heteroatoms. The number of fused-ring (bicyclic) bond motifs is 2. The summed E-state index contributed by atoms with van der Waals surface area (Å²) < 4.78 is 17.0. The predicted octanol–water partition coefficient (Wildman–Crippen LogP) is 1.57. The van der Waals surface area contributed by atoms with Crippen LogP contribution in [-0.2, 0) is 19.1 Å². The quantitative estimate of drug-likeness (QED) is 0.633. The van der Waals surface area contributed by atoms with Crippen molar-refractivity contribution < 1.29 is 28.6 Å². The third kappa shape index (κ3) is 5.74. The predicted molar refractivity (Wildman–Crippen MR) is 114 cm³/mol. The number of methoxy groups -OCH3 is 1. The fraction of sp³-hybridized carbons (Fsp3) is 0.591. The van der Waals surface area contributed by atoms with Gasteiger partial charge >= 0.3 is 0 Å². The van der Waals surface area contributed by atoms with Crippen molar-refractivity contribution in [2.24, 2.45) is 0 Å². The molecule has 31 heavy (non-hydrogen) atoms. The molecule has 0 spiro atoms. The lowest BCUT2D eigenvalue weighted by molar-refractivity contribution is -0.134. The molecule has 2 aliphatic rings. The monoisotopic (exact) mass is 433 g/mol. The zero-order valence-electron chi connectivity index (χ0n) is 18.3. The van der Waals surface area contributed by atoms with Crippen LogP contribution in [0, 0.1) is 0 Å². The first-order valence-corrected chi connectivity index (χ1v) is 10.7. The number of ether oxygens (including phenoxy) is 3. The minimum Gasteiger partial charge on any atom is -0.490 e. The number of hydrogen-bond acceptors (Lipinski definition) is 6. The van der Waals surface area contributed by atoms with Gasteiger partial charge < -0.3 is 29.7 Å². The average Bonchev–Trinajstić information content (AvgIpc) is 2.76. The Kier molecular flexibility index (Phi) is 7.86. The molecule has 0 bridgehead atoms. The van der Waals surface area contributed by atoms with E-state index in [2.05, 4.69) is 10.6 Å². The maximum absolute atomic E-state index is 13.2. The molecule has 1 fully saturated rings. The number of amides is 3. The van der Waals surface area contributed by atoms with Gasteiger partial charge in [0.15, 0.2) is 0 Å². The van der Waals surface area contributed by atoms with Crippen molar-refractivity contribution in [3.05, 3.63) is 23.8 Å². The summed E-state index contributed by atoms with van der Waals surface area (Å²) in [5.41, 5.74) is 0.974. The molecule has 0 aliphatic carbocycles. The second-order valence-corrected chi connectivity index (χ2v) is 7.83. The highest BCUT2D eigenvalue weighted by atomic mass is 16.5. The van der Waals surface area contributed by atoms with E-state index in [1.54, 1.807) is 44.2 Å². The van der Waals surface area contributed by atoms with Crippen LogP contribution >= 0.6 is 0 Å². The summed E-state index contributed by atoms with van der Waals surface area (Å²) in [6.45, 7) is 2.97. The summed E-state index contributed by atoms with van der Waals surface area (Å²) in [7, 11) is 3.34. The summed E-state index contributed by atoms with van der Waals surface area (Å²) >= 11 is 0. The molecular weight excluding hydrogens is 402 g/mol. The zero-order valence-corrected chi connectivity index (χ0v) is 18.3. The Bertz CT molecular complexity index is 814. The number of nitrogens with zero attached hydrogens (tertiary/aromatic N) is 1. The van der Waals surface area contributed by atoms with E-state index in [9.17, 15) is 14.4 Å². The fourth-order valence-corrected chi connectivity index (χ4v) is 3.93. The first kappa shape index (κ1) is 23.0. The number of anilines is 1. The molecule has 2 heterocycles. The highest BCUT2D eigenvalue weighted by Crippen LogP contribution is 2.32. The molecule has 3 atom stereocenters. The van der Waals surface area contributed by atoms with Gasteiger partial charge in [-0.3, -0.25) is 14.4 Å². The van der Waals surface area contributed by atoms with Crippen molar-refractivity contribution in [2.45, 2.75) is 50.9 Å². The molecule has 170 valence electrons. The van der Waals surface area contributed by atoms with E-state index < -0.39 is 0 Å². The van der Waals surface area contributed by atoms with Gasteiger partial charge in [-0.15, -0.1) is 0 Å². The van der Waals surface area contributed by atoms with Crippen molar-refractivity contribution in [3.8, 4) is 5.75 Å². The topological polar surface area (TPSA) is 106 Å². The second kappa shape index (κ2) is 10.6. The molecule has 3 rings (SSSR count). The largest absolute Gasteiger partial charge is 0.490 e. The Balaban J connectivity index is 1.68. The molecule has 3 amide bonds. The SMILES string of the molecule is CCC(=O)Nc1ccc2c(c1)C(=O)N(C)[C@@H]1CC[C@@H](CC(=O)NCCOC)O[C@@H]1CO2. The van der Waals surface area contributed by atoms with E-state index in [1.807, 2.05) is 0 Å². The van der Waals surface area contributed by atoms with Crippen molar-refractivity contribution >= 4 is 23.4 Å². The highest BCUT2D eigenvalue weighted by molar-refractivity contribution is 5.99. The smallest absolute Gasteiger partial charge is 0.257 e. The minimum absolute atomic E-state index is 0.0799. The minimum atomic E-state index is -0.327. The summed E-state index contributed by atoms with van der Waals surface area (Å²) in [5, 5.41) is 5.58. The van der Waals surface area contributed by atoms with E-state index in [0.717, 1.165) is 0 Å². The number of carbonyl (C=O) groups is 3. The van der Waals surface area contributed by atoms with Gasteiger partial charge in [-0.05, 0) is 31.0 Å². The van der Waals surface area contributed by atoms with Crippen LogP contribution in [-0.4, -0.2) is 74.8 Å². The molecule has 1 saturated heterocycles. The standard InChI is InChI=1S/C22H31N3O6/c1-4-20(26)24-14-5-8-18-16(11-14)22(28)25(2)17-7-6-15(31-19(17)13-30-18)12-21(27)23-9-10-29-3/h5,8,11,15,17,19H,4,6-7,9-10,12-13H2,1-3H3,(H,23,27)(H,24,26)/t15-,17+,19+/m0/s1. The van der Waals surface area contributed by atoms with Crippen LogP contribution < -0.4 is 15.4 Å². The van der Waals surface area contributed by atoms with Crippen molar-refractivity contribution in [1.82, 2.24) is 10.2 Å². The van der Waals surface area contributed by atoms with Crippen LogP contribution in [0.25, 0.3) is 0 Å². The van der Waals surface area contributed by atoms with Crippen molar-refractivity contribution in [2.75, 3.05) is 39.2 Å². The van der Waals surface area contributed by atoms with E-state index in [4.69, 9.17) is 14.2 Å². The fourth-order valence-electron chi connectivity index (χ4n) is 3.93. The van der Waals surface area contributed by atoms with Gasteiger partial charge in [-0.2, -0.15) is 0 Å². The maximum atomic E-state index is 13.2. The van der Waals surface area contributed by atoms with E-state index >= 15 is 0 Å². The van der Waals surface area contributed by atoms with Crippen LogP contribution in [0.4, 0.5) is 5.69 Å². The van der Waals surface area contributed by atoms with Crippen molar-refractivity contribution in [3.63, 3.8) is 0 Å². The van der Waals surface area contributed by atoms with E-state index in [-0.39, 0.29) is 49.0 Å². The molecule has 0 unspecified atom stereocenters. The lowest BCUT2D eigenvalue weighted by Crippen LogP contribution is -2.54. The van der Waals surface area contributed by atoms with E-state index in [1.165, 1.54) is 0 Å². The summed E-state index contributed by atoms with van der Waals surface area (Å²) in [6, 6.07) is 4.91. The van der Waals surface area contributed by atoms with Gasteiger partial charge in [0.25, 0.3) is 5.91 Å². The summed E-state index contributed by atoms with van der Waals surface area (Å²) in [4.78, 5) is 38.7. The average molecular weight is 434 g/mol. The van der Waals surface area contributed by atoms with Crippen LogP contribution in [0.1, 0.15) is 43.0 Å². The Labute approximate surface area is 182 Å². The molecule has 9 nitrogen and oxygen atoms in total. The van der Waals surface area contributed by atoms with Crippen LogP contribution in [0.3, 0.4) is 0 Å². The van der Waals surface area contributed by atoms with Crippen LogP contribution in [0.5, 0.6) is 5.75 Å². The first-order valence-electron chi connectivity index (χ1n) is 10.7. The molecule has 0 aromatic heterocycles. The van der Waals surface area contributed by atoms with Gasteiger partial charge in [0.1, 0.15) is 18.5 Å². The van der Waals surface area contributed by atoms with Gasteiger partial charge in [0, 0.05) is 32.8 Å². The Morgan fingerprint density at radius 3 is 2.81 bits per heavy atom. The summed E-state index contributed by atoms with van der Waals surface area (Å²) in [5.74, 6) is 0.0683. The third-order valence-corrected chi connectivity index (χ3v) is 5.66. The lowest BCUT2D eigenvalue weighted by atomic mass is 9.94. The van der Waals surface area contributed by atoms with Gasteiger partial charge in [0.05, 0.1) is 30.7 Å². The second-order valence-electron chi connectivity index (χ2n) is 7.83. The Morgan fingerprint density at radius 1 is 1.26 bits per heavy atom. The number of hydrogen-bond donors (Lipinski definition) is 2. The molecular formula is C22H31N3O6. The third-order valence-electron chi connectivity index (χ3n) is 5.66. The lowest BCUT2D eigenvalue weighted by Gasteiger charge is -2.42. The Morgan fingerprint density at radius 2 is 2.06 bits per heavy atom. The normalized spacial score (nSPS) is 23.0. The molecule has 0 radical (unpaired) electrons. The number of likely N-dealkylation sites (N-methyl/N-ethyl adjacent to an activating group) is 1. The number of nitrogens with one attached hydrogen (secondary N) is 2. The van der Waals surface area contributed by atoms with Crippen molar-refractivity contribution in [1.29, 1.82) is 0 Å². The highest BCUT2D eigenvalue weighted by Gasteiger charge is 2.39. The van der Waals surface area contributed by atoms with Gasteiger partial charge in [-0.1, -0.05) is 6.92 Å². The first-order chi connectivity index (χ1) is 14.9. The molecule has 1 aromatic carbocycles. The van der Waals surface area contributed by atoms with Gasteiger partial charge in [0.2, 0.25) is 11.8 Å². The summed E-state index contributed by atoms with van der Waals surface area (Å²) in [6.07, 6.45) is 1.47. The number of carbonyl (C=O) groups excluding carboxylic acids is 3. The molecule has 1 aromatic rings. The number of rotatable bonds is 7. The maximum Gasteiger partial charge on any atom is 0.257 e. The molecule has 2 aliphatic heterocycles. The number of benzene rings is 1. The van der Waals surface area contributed by atoms with Crippen LogP contribution in [0.15, 0.2) is 18.2 Å². The van der Waals surface area contributed by atoms with E-state index in [0.29, 0.717) is 49.4 Å². The Hall–Kier alpha value is -2.65. The molecule has 0 saturated carbocycles. The molecule has 2 N–H and O–H groups in total. The zero-order chi connectivity index (χ0) is 22.4.